The van der Waals surface area contributed by atoms with Crippen LogP contribution in [0.15, 0.2) is 29.2 Å². The molecule has 0 heterocycles. The summed E-state index contributed by atoms with van der Waals surface area (Å²) in [5.74, 6) is 2.40. The molecule has 0 aliphatic heterocycles. The highest BCUT2D eigenvalue weighted by molar-refractivity contribution is 7.89. The van der Waals surface area contributed by atoms with Crippen LogP contribution in [-0.2, 0) is 10.0 Å². The highest BCUT2D eigenvalue weighted by Gasteiger charge is 2.18. The van der Waals surface area contributed by atoms with E-state index < -0.39 is 16.1 Å². The number of sulfonamides is 1. The molecule has 0 aliphatic rings. The van der Waals surface area contributed by atoms with Gasteiger partial charge in [0, 0.05) is 0 Å². The average Bonchev–Trinajstić information content (AvgIpc) is 2.38. The summed E-state index contributed by atoms with van der Waals surface area (Å²) < 4.78 is 26.5. The molecule has 0 amide bonds. The van der Waals surface area contributed by atoms with Crippen molar-refractivity contribution in [2.45, 2.75) is 30.7 Å². The second-order valence-electron chi connectivity index (χ2n) is 3.77. The van der Waals surface area contributed by atoms with Gasteiger partial charge < -0.3 is 0 Å². The average molecular weight is 262 g/mol. The van der Waals surface area contributed by atoms with E-state index in [1.165, 1.54) is 18.2 Å². The zero-order valence-electron chi connectivity index (χ0n) is 10.1. The van der Waals surface area contributed by atoms with Crippen molar-refractivity contribution in [1.29, 1.82) is 5.26 Å². The number of terminal acetylenes is 1. The Balaban J connectivity index is 3.00. The first-order chi connectivity index (χ1) is 8.53. The highest BCUT2D eigenvalue weighted by atomic mass is 32.2. The van der Waals surface area contributed by atoms with Crippen molar-refractivity contribution in [2.75, 3.05) is 0 Å². The summed E-state index contributed by atoms with van der Waals surface area (Å²) in [6.07, 6.45) is 6.64. The molecule has 0 radical (unpaired) electrons. The van der Waals surface area contributed by atoms with E-state index in [0.29, 0.717) is 12.0 Å². The van der Waals surface area contributed by atoms with E-state index in [2.05, 4.69) is 10.6 Å². The van der Waals surface area contributed by atoms with Gasteiger partial charge in [-0.3, -0.25) is 0 Å². The number of nitrogens with one attached hydrogen (secondary N) is 1. The van der Waals surface area contributed by atoms with Crippen molar-refractivity contribution in [1.82, 2.24) is 4.72 Å². The Hall–Kier alpha value is -1.82. The molecular weight excluding hydrogens is 248 g/mol. The molecule has 94 valence electrons. The Morgan fingerprint density at radius 3 is 2.78 bits per heavy atom. The highest BCUT2D eigenvalue weighted by Crippen LogP contribution is 2.12. The fraction of sp³-hybridized carbons (Fsp3) is 0.308. The summed E-state index contributed by atoms with van der Waals surface area (Å²) in [6.45, 7) is 1.93. The third-order valence-electron chi connectivity index (χ3n) is 2.35. The summed E-state index contributed by atoms with van der Waals surface area (Å²) in [6, 6.07) is 7.20. The van der Waals surface area contributed by atoms with Crippen LogP contribution in [-0.4, -0.2) is 14.5 Å². The van der Waals surface area contributed by atoms with Gasteiger partial charge in [0.05, 0.1) is 22.6 Å². The minimum atomic E-state index is -3.67. The third kappa shape index (κ3) is 3.59. The number of hydrogen-bond donors (Lipinski definition) is 1. The van der Waals surface area contributed by atoms with E-state index in [-0.39, 0.29) is 4.90 Å². The van der Waals surface area contributed by atoms with Crippen molar-refractivity contribution in [3.05, 3.63) is 29.8 Å². The molecule has 0 aliphatic carbocycles. The summed E-state index contributed by atoms with van der Waals surface area (Å²) in [5, 5.41) is 8.74. The predicted octanol–water partition coefficient (Wildman–Crippen LogP) is 1.64. The first-order valence-corrected chi connectivity index (χ1v) is 7.00. The SMILES string of the molecule is C#CC(CCC)NS(=O)(=O)c1cccc(C#N)c1. The zero-order chi connectivity index (χ0) is 13.6. The lowest BCUT2D eigenvalue weighted by Crippen LogP contribution is -2.33. The van der Waals surface area contributed by atoms with Gasteiger partial charge in [-0.25, -0.2) is 8.42 Å². The van der Waals surface area contributed by atoms with Crippen LogP contribution >= 0.6 is 0 Å². The summed E-state index contributed by atoms with van der Waals surface area (Å²) in [7, 11) is -3.67. The van der Waals surface area contributed by atoms with Crippen LogP contribution in [0.3, 0.4) is 0 Å². The predicted molar refractivity (Wildman–Crippen MR) is 69.0 cm³/mol. The molecule has 1 unspecified atom stereocenters. The van der Waals surface area contributed by atoms with Gasteiger partial charge in [-0.2, -0.15) is 9.98 Å². The topological polar surface area (TPSA) is 70.0 Å². The quantitative estimate of drug-likeness (QED) is 0.820. The fourth-order valence-electron chi connectivity index (χ4n) is 1.45. The van der Waals surface area contributed by atoms with E-state index in [9.17, 15) is 8.42 Å². The molecule has 0 saturated heterocycles. The first kappa shape index (κ1) is 14.2. The van der Waals surface area contributed by atoms with Gasteiger partial charge in [-0.05, 0) is 24.6 Å². The summed E-state index contributed by atoms with van der Waals surface area (Å²) in [4.78, 5) is 0.0536. The Morgan fingerprint density at radius 2 is 2.22 bits per heavy atom. The van der Waals surface area contributed by atoms with E-state index >= 15 is 0 Å². The maximum absolute atomic E-state index is 12.0. The summed E-state index contributed by atoms with van der Waals surface area (Å²) in [5.41, 5.74) is 0.297. The van der Waals surface area contributed by atoms with Crippen molar-refractivity contribution in [2.24, 2.45) is 0 Å². The van der Waals surface area contributed by atoms with Crippen LogP contribution in [0.25, 0.3) is 0 Å². The van der Waals surface area contributed by atoms with Gasteiger partial charge in [-0.1, -0.05) is 25.3 Å². The van der Waals surface area contributed by atoms with Crippen LogP contribution < -0.4 is 4.72 Å². The van der Waals surface area contributed by atoms with E-state index in [4.69, 9.17) is 11.7 Å². The van der Waals surface area contributed by atoms with Crippen molar-refractivity contribution in [3.63, 3.8) is 0 Å². The molecule has 4 nitrogen and oxygen atoms in total. The molecule has 0 saturated carbocycles. The Labute approximate surface area is 108 Å². The monoisotopic (exact) mass is 262 g/mol. The van der Waals surface area contributed by atoms with E-state index in [1.54, 1.807) is 6.07 Å². The molecule has 1 aromatic rings. The van der Waals surface area contributed by atoms with Crippen LogP contribution in [0.4, 0.5) is 0 Å². The minimum absolute atomic E-state index is 0.0536. The molecule has 1 atom stereocenters. The summed E-state index contributed by atoms with van der Waals surface area (Å²) >= 11 is 0. The molecule has 1 N–H and O–H groups in total. The van der Waals surface area contributed by atoms with Gasteiger partial charge in [0.15, 0.2) is 0 Å². The smallest absolute Gasteiger partial charge is 0.207 e. The molecule has 1 aromatic carbocycles. The van der Waals surface area contributed by atoms with Gasteiger partial charge in [0.1, 0.15) is 0 Å². The van der Waals surface area contributed by atoms with E-state index in [0.717, 1.165) is 6.42 Å². The Bertz CT molecular complexity index is 594. The lowest BCUT2D eigenvalue weighted by molar-refractivity contribution is 0.564. The Morgan fingerprint density at radius 1 is 1.50 bits per heavy atom. The minimum Gasteiger partial charge on any atom is -0.207 e. The van der Waals surface area contributed by atoms with Crippen LogP contribution in [0.2, 0.25) is 0 Å². The molecule has 0 fully saturated rings. The largest absolute Gasteiger partial charge is 0.241 e. The second-order valence-corrected chi connectivity index (χ2v) is 5.48. The standard InChI is InChI=1S/C13H14N2O2S/c1-3-6-12(4-2)15-18(16,17)13-8-5-7-11(9-13)10-14/h2,5,7-9,12,15H,3,6H2,1H3. The number of nitrogens with zero attached hydrogens (tertiary/aromatic N) is 1. The van der Waals surface area contributed by atoms with Crippen LogP contribution in [0, 0.1) is 23.7 Å². The van der Waals surface area contributed by atoms with E-state index in [1.807, 2.05) is 13.0 Å². The molecule has 0 spiro atoms. The number of rotatable bonds is 5. The molecule has 1 rings (SSSR count). The van der Waals surface area contributed by atoms with Crippen LogP contribution in [0.1, 0.15) is 25.3 Å². The maximum atomic E-state index is 12.0. The van der Waals surface area contributed by atoms with Gasteiger partial charge in [0.25, 0.3) is 0 Å². The lowest BCUT2D eigenvalue weighted by atomic mass is 10.2. The molecule has 5 heteroatoms. The first-order valence-electron chi connectivity index (χ1n) is 5.52. The molecule has 0 aromatic heterocycles. The third-order valence-corrected chi connectivity index (χ3v) is 3.82. The van der Waals surface area contributed by atoms with Gasteiger partial charge in [0.2, 0.25) is 10.0 Å². The van der Waals surface area contributed by atoms with Crippen molar-refractivity contribution in [3.8, 4) is 18.4 Å². The van der Waals surface area contributed by atoms with Crippen LogP contribution in [0.5, 0.6) is 0 Å². The molecule has 0 bridgehead atoms. The second kappa shape index (κ2) is 6.20. The fourth-order valence-corrected chi connectivity index (χ4v) is 2.69. The number of nitriles is 1. The number of hydrogen-bond acceptors (Lipinski definition) is 3. The maximum Gasteiger partial charge on any atom is 0.241 e. The van der Waals surface area contributed by atoms with Crippen molar-refractivity contribution >= 4 is 10.0 Å². The lowest BCUT2D eigenvalue weighted by Gasteiger charge is -2.12. The Kier molecular flexibility index (Phi) is 4.91. The van der Waals surface area contributed by atoms with Crippen molar-refractivity contribution < 1.29 is 8.42 Å². The zero-order valence-corrected chi connectivity index (χ0v) is 10.9. The molecular formula is C13H14N2O2S. The number of benzene rings is 1. The van der Waals surface area contributed by atoms with Gasteiger partial charge >= 0.3 is 0 Å². The normalized spacial score (nSPS) is 12.4. The van der Waals surface area contributed by atoms with Gasteiger partial charge in [-0.15, -0.1) is 6.42 Å². The molecule has 18 heavy (non-hydrogen) atoms.